The normalized spacial score (nSPS) is 15.1. The highest BCUT2D eigenvalue weighted by atomic mass is 35.5. The van der Waals surface area contributed by atoms with Crippen molar-refractivity contribution in [3.05, 3.63) is 63.7 Å². The molecule has 4 rings (SSSR count). The molecule has 0 spiro atoms. The molecule has 2 amide bonds. The molecular formula is C23H21ClF3N5O3. The highest BCUT2D eigenvalue weighted by molar-refractivity contribution is 6.31. The maximum Gasteiger partial charge on any atom is 0.408 e. The minimum atomic E-state index is -4.58. The highest BCUT2D eigenvalue weighted by Crippen LogP contribution is 2.36. The van der Waals surface area contributed by atoms with Gasteiger partial charge in [-0.05, 0) is 48.2 Å². The number of primary amides is 1. The number of aromatic nitrogens is 2. The number of alkyl halides is 3. The molecule has 1 aromatic heterocycles. The molecule has 1 unspecified atom stereocenters. The molecule has 5 N–H and O–H groups in total. The number of nitrogens with one attached hydrogen (secondary N) is 1. The highest BCUT2D eigenvalue weighted by Gasteiger charge is 2.33. The molecule has 8 nitrogen and oxygen atoms in total. The van der Waals surface area contributed by atoms with Crippen molar-refractivity contribution >= 4 is 29.2 Å². The van der Waals surface area contributed by atoms with Crippen LogP contribution >= 0.6 is 11.6 Å². The summed E-state index contributed by atoms with van der Waals surface area (Å²) in [5, 5.41) is 7.28. The number of aryl methyl sites for hydroxylation is 1. The lowest BCUT2D eigenvalue weighted by Crippen LogP contribution is -2.27. The lowest BCUT2D eigenvalue weighted by molar-refractivity contribution is -0.142. The summed E-state index contributed by atoms with van der Waals surface area (Å²) >= 11 is 6.03. The van der Waals surface area contributed by atoms with Gasteiger partial charge in [0.15, 0.2) is 0 Å². The number of nitrogens with two attached hydrogens (primary N) is 2. The maximum absolute atomic E-state index is 12.9. The van der Waals surface area contributed by atoms with Gasteiger partial charge in [-0.15, -0.1) is 0 Å². The molecule has 184 valence electrons. The number of carbonyl (C=O) groups excluding carboxylic acids is 2. The average molecular weight is 508 g/mol. The summed E-state index contributed by atoms with van der Waals surface area (Å²) in [5.74, 6) is -1.41. The van der Waals surface area contributed by atoms with Crippen LogP contribution in [0.4, 0.5) is 19.0 Å². The van der Waals surface area contributed by atoms with Gasteiger partial charge in [0.2, 0.25) is 0 Å². The van der Waals surface area contributed by atoms with Crippen LogP contribution in [0, 0.1) is 0 Å². The topological polar surface area (TPSA) is 125 Å². The van der Waals surface area contributed by atoms with Gasteiger partial charge in [-0.25, -0.2) is 4.68 Å². The summed E-state index contributed by atoms with van der Waals surface area (Å²) in [6, 6.07) is 9.49. The minimum Gasteiger partial charge on any atom is -0.496 e. The fraction of sp³-hybridized carbons (Fsp3) is 0.261. The number of methoxy groups -OCH3 is 1. The van der Waals surface area contributed by atoms with Crippen molar-refractivity contribution in [2.45, 2.75) is 31.6 Å². The van der Waals surface area contributed by atoms with E-state index in [0.29, 0.717) is 39.4 Å². The van der Waals surface area contributed by atoms with Gasteiger partial charge < -0.3 is 21.5 Å². The Kier molecular flexibility index (Phi) is 6.37. The number of nitrogen functional groups attached to an aromatic ring is 1. The van der Waals surface area contributed by atoms with Crippen LogP contribution in [-0.4, -0.2) is 34.9 Å². The molecule has 12 heteroatoms. The van der Waals surface area contributed by atoms with Gasteiger partial charge in [0.25, 0.3) is 11.8 Å². The van der Waals surface area contributed by atoms with E-state index in [9.17, 15) is 22.8 Å². The number of hydrogen-bond donors (Lipinski definition) is 3. The average Bonchev–Trinajstić information content (AvgIpc) is 3.33. The number of ether oxygens (including phenoxy) is 1. The van der Waals surface area contributed by atoms with Crippen LogP contribution in [-0.2, 0) is 13.0 Å². The summed E-state index contributed by atoms with van der Waals surface area (Å²) in [7, 11) is 1.45. The summed E-state index contributed by atoms with van der Waals surface area (Å²) in [5.41, 5.74) is 13.2. The fourth-order valence-electron chi connectivity index (χ4n) is 4.22. The van der Waals surface area contributed by atoms with Crippen molar-refractivity contribution in [1.82, 2.24) is 15.1 Å². The first-order chi connectivity index (χ1) is 16.5. The Balaban J connectivity index is 1.63. The molecule has 0 saturated heterocycles. The molecule has 0 fully saturated rings. The number of amides is 2. The van der Waals surface area contributed by atoms with Gasteiger partial charge in [0.05, 0.1) is 18.7 Å². The van der Waals surface area contributed by atoms with Crippen LogP contribution in [0.25, 0.3) is 11.3 Å². The predicted octanol–water partition coefficient (Wildman–Crippen LogP) is 3.87. The van der Waals surface area contributed by atoms with Crippen molar-refractivity contribution in [3.63, 3.8) is 0 Å². The Morgan fingerprint density at radius 1 is 1.26 bits per heavy atom. The number of benzene rings is 2. The Labute approximate surface area is 203 Å². The molecule has 1 aliphatic rings. The lowest BCUT2D eigenvalue weighted by Gasteiger charge is -2.16. The Morgan fingerprint density at radius 2 is 2.00 bits per heavy atom. The Hall–Kier alpha value is -3.73. The Bertz CT molecular complexity index is 1320. The van der Waals surface area contributed by atoms with E-state index < -0.39 is 24.4 Å². The number of nitrogens with zero attached hydrogens (tertiary/aromatic N) is 2. The van der Waals surface area contributed by atoms with Crippen molar-refractivity contribution < 1.29 is 27.5 Å². The molecule has 3 aromatic rings. The zero-order valence-electron chi connectivity index (χ0n) is 18.4. The van der Waals surface area contributed by atoms with E-state index >= 15 is 0 Å². The number of fused-ring (bicyclic) bond motifs is 1. The quantitative estimate of drug-likeness (QED) is 0.467. The van der Waals surface area contributed by atoms with Crippen LogP contribution in [0.5, 0.6) is 5.75 Å². The van der Waals surface area contributed by atoms with Crippen LogP contribution in [0.2, 0.25) is 5.02 Å². The zero-order chi connectivity index (χ0) is 25.5. The van der Waals surface area contributed by atoms with E-state index in [0.717, 1.165) is 11.1 Å². The SMILES string of the molecule is COc1ccc(Cl)cc1C(=O)NC1CCc2cc(-c3nn(CC(F)(F)F)c(N)c3C(N)=O)ccc21. The summed E-state index contributed by atoms with van der Waals surface area (Å²) < 4.78 is 44.5. The number of halogens is 4. The number of anilines is 1. The van der Waals surface area contributed by atoms with E-state index in [2.05, 4.69) is 10.4 Å². The summed E-state index contributed by atoms with van der Waals surface area (Å²) in [4.78, 5) is 24.8. The number of hydrogen-bond acceptors (Lipinski definition) is 5. The molecule has 1 aliphatic carbocycles. The second-order valence-corrected chi connectivity index (χ2v) is 8.51. The molecule has 0 bridgehead atoms. The first-order valence-corrected chi connectivity index (χ1v) is 10.9. The standard InChI is InChI=1S/C23H21ClF3N5O3/c1-35-17-7-4-13(24)9-15(17)22(34)30-16-6-3-11-8-12(2-5-14(11)16)19-18(21(29)33)20(28)32(31-19)10-23(25,26)27/h2,4-5,7-9,16H,3,6,10,28H2,1H3,(H2,29,33)(H,30,34). The van der Waals surface area contributed by atoms with Gasteiger partial charge in [-0.1, -0.05) is 23.7 Å². The van der Waals surface area contributed by atoms with Crippen molar-refractivity contribution in [1.29, 1.82) is 0 Å². The fourth-order valence-corrected chi connectivity index (χ4v) is 4.39. The number of rotatable bonds is 6. The number of carbonyl (C=O) groups is 2. The van der Waals surface area contributed by atoms with Crippen LogP contribution < -0.4 is 21.5 Å². The molecule has 0 aliphatic heterocycles. The second kappa shape index (κ2) is 9.14. The van der Waals surface area contributed by atoms with Crippen LogP contribution in [0.15, 0.2) is 36.4 Å². The summed E-state index contributed by atoms with van der Waals surface area (Å²) in [6.45, 7) is -1.45. The molecule has 35 heavy (non-hydrogen) atoms. The smallest absolute Gasteiger partial charge is 0.408 e. The monoisotopic (exact) mass is 507 g/mol. The van der Waals surface area contributed by atoms with Gasteiger partial charge in [0.1, 0.15) is 29.4 Å². The van der Waals surface area contributed by atoms with Gasteiger partial charge in [-0.3, -0.25) is 9.59 Å². The van der Waals surface area contributed by atoms with E-state index in [1.54, 1.807) is 30.3 Å². The molecule has 1 atom stereocenters. The molecule has 0 saturated carbocycles. The van der Waals surface area contributed by atoms with Crippen molar-refractivity contribution in [3.8, 4) is 17.0 Å². The third-order valence-corrected chi connectivity index (χ3v) is 6.01. The van der Waals surface area contributed by atoms with Gasteiger partial charge in [0, 0.05) is 10.6 Å². The van der Waals surface area contributed by atoms with E-state index in [-0.39, 0.29) is 23.2 Å². The summed E-state index contributed by atoms with van der Waals surface area (Å²) in [6.07, 6.45) is -3.40. The zero-order valence-corrected chi connectivity index (χ0v) is 19.2. The van der Waals surface area contributed by atoms with E-state index in [4.69, 9.17) is 27.8 Å². The lowest BCUT2D eigenvalue weighted by atomic mass is 10.0. The van der Waals surface area contributed by atoms with Crippen LogP contribution in [0.3, 0.4) is 0 Å². The minimum absolute atomic E-state index is 0.0294. The van der Waals surface area contributed by atoms with Crippen molar-refractivity contribution in [2.24, 2.45) is 5.73 Å². The molecule has 2 aromatic carbocycles. The first kappa shape index (κ1) is 24.4. The predicted molar refractivity (Wildman–Crippen MR) is 123 cm³/mol. The molecular weight excluding hydrogens is 487 g/mol. The third kappa shape index (κ3) is 4.90. The first-order valence-electron chi connectivity index (χ1n) is 10.5. The molecule has 0 radical (unpaired) electrons. The van der Waals surface area contributed by atoms with E-state index in [1.807, 2.05) is 0 Å². The largest absolute Gasteiger partial charge is 0.496 e. The van der Waals surface area contributed by atoms with Gasteiger partial charge >= 0.3 is 6.18 Å². The third-order valence-electron chi connectivity index (χ3n) is 5.77. The van der Waals surface area contributed by atoms with E-state index in [1.165, 1.54) is 13.2 Å². The Morgan fingerprint density at radius 3 is 2.66 bits per heavy atom. The maximum atomic E-state index is 12.9. The second-order valence-electron chi connectivity index (χ2n) is 8.07. The molecule has 1 heterocycles. The van der Waals surface area contributed by atoms with Gasteiger partial charge in [-0.2, -0.15) is 18.3 Å². The van der Waals surface area contributed by atoms with Crippen LogP contribution in [0.1, 0.15) is 44.3 Å². The van der Waals surface area contributed by atoms with Crippen molar-refractivity contribution in [2.75, 3.05) is 12.8 Å².